The maximum atomic E-state index is 5.63. The smallest absolute Gasteiger partial charge is 0.157 e. The molecule has 10 heavy (non-hydrogen) atoms. The Balaban J connectivity index is 2.76. The molecule has 0 saturated carbocycles. The van der Waals surface area contributed by atoms with Crippen LogP contribution in [0.1, 0.15) is 5.56 Å². The maximum Gasteiger partial charge on any atom is 0.157 e. The summed E-state index contributed by atoms with van der Waals surface area (Å²) >= 11 is 5.63. The van der Waals surface area contributed by atoms with Crippen molar-refractivity contribution in [3.63, 3.8) is 0 Å². The van der Waals surface area contributed by atoms with Crippen LogP contribution in [0.2, 0.25) is 0 Å². The predicted octanol–water partition coefficient (Wildman–Crippen LogP) is 1.40. The van der Waals surface area contributed by atoms with Gasteiger partial charge in [0.25, 0.3) is 0 Å². The van der Waals surface area contributed by atoms with Crippen molar-refractivity contribution < 1.29 is 0 Å². The van der Waals surface area contributed by atoms with Gasteiger partial charge in [-0.15, -0.1) is 11.6 Å². The third kappa shape index (κ3) is 0.640. The van der Waals surface area contributed by atoms with Crippen molar-refractivity contribution in [2.75, 3.05) is 0 Å². The van der Waals surface area contributed by atoms with Crippen LogP contribution in [-0.2, 0) is 5.88 Å². The number of hydrogen-bond donors (Lipinski definition) is 1. The van der Waals surface area contributed by atoms with Crippen LogP contribution in [0.3, 0.4) is 0 Å². The van der Waals surface area contributed by atoms with E-state index in [2.05, 4.69) is 10.1 Å². The summed E-state index contributed by atoms with van der Waals surface area (Å²) in [5, 5.41) is 2.99. The molecule has 0 radical (unpaired) electrons. The highest BCUT2D eigenvalue weighted by Crippen LogP contribution is 2.09. The molecular formula is C6H6ClN3. The molecule has 0 saturated heterocycles. The number of nitrogens with zero attached hydrogens (tertiary/aromatic N) is 2. The molecule has 1 N–H and O–H groups in total. The Bertz CT molecular complexity index is 335. The molecule has 0 fully saturated rings. The number of imidazole rings is 1. The van der Waals surface area contributed by atoms with Crippen molar-refractivity contribution in [1.29, 1.82) is 0 Å². The van der Waals surface area contributed by atoms with Crippen molar-refractivity contribution in [2.24, 2.45) is 0 Å². The first kappa shape index (κ1) is 5.80. The molecule has 0 aliphatic heterocycles. The zero-order valence-electron chi connectivity index (χ0n) is 5.21. The molecule has 0 amide bonds. The van der Waals surface area contributed by atoms with Gasteiger partial charge in [0, 0.05) is 24.2 Å². The largest absolute Gasteiger partial charge is 0.300 e. The van der Waals surface area contributed by atoms with Gasteiger partial charge in [-0.25, -0.2) is 9.50 Å². The van der Waals surface area contributed by atoms with Gasteiger partial charge in [0.2, 0.25) is 0 Å². The first-order valence-electron chi connectivity index (χ1n) is 2.97. The summed E-state index contributed by atoms with van der Waals surface area (Å²) in [6.07, 6.45) is 5.45. The summed E-state index contributed by atoms with van der Waals surface area (Å²) in [6, 6.07) is 0. The monoisotopic (exact) mass is 155 g/mol. The van der Waals surface area contributed by atoms with Crippen LogP contribution in [0.15, 0.2) is 18.6 Å². The minimum absolute atomic E-state index is 0.504. The van der Waals surface area contributed by atoms with Crippen LogP contribution in [0, 0.1) is 0 Å². The Morgan fingerprint density at radius 1 is 1.70 bits per heavy atom. The van der Waals surface area contributed by atoms with Crippen LogP contribution in [-0.4, -0.2) is 14.6 Å². The van der Waals surface area contributed by atoms with Gasteiger partial charge in [-0.1, -0.05) is 0 Å². The molecule has 0 aliphatic rings. The SMILES string of the molecule is ClCc1c[nH]n2ccnc12. The van der Waals surface area contributed by atoms with Gasteiger partial charge < -0.3 is 0 Å². The number of aromatic amines is 1. The first-order chi connectivity index (χ1) is 4.92. The van der Waals surface area contributed by atoms with Crippen LogP contribution in [0.4, 0.5) is 0 Å². The zero-order chi connectivity index (χ0) is 6.97. The lowest BCUT2D eigenvalue weighted by molar-refractivity contribution is 0.973. The number of halogens is 1. The lowest BCUT2D eigenvalue weighted by atomic mass is 10.4. The van der Waals surface area contributed by atoms with Gasteiger partial charge in [0.15, 0.2) is 5.65 Å². The molecule has 4 heteroatoms. The van der Waals surface area contributed by atoms with Crippen LogP contribution in [0.25, 0.3) is 5.65 Å². The molecule has 0 unspecified atom stereocenters. The van der Waals surface area contributed by atoms with Gasteiger partial charge in [-0.2, -0.15) is 0 Å². The van der Waals surface area contributed by atoms with Gasteiger partial charge in [0.1, 0.15) is 0 Å². The molecule has 3 nitrogen and oxygen atoms in total. The molecule has 2 aromatic rings. The average molecular weight is 156 g/mol. The van der Waals surface area contributed by atoms with Crippen LogP contribution in [0.5, 0.6) is 0 Å². The van der Waals surface area contributed by atoms with Crippen molar-refractivity contribution in [3.8, 4) is 0 Å². The fourth-order valence-corrected chi connectivity index (χ4v) is 1.15. The molecule has 2 heterocycles. The van der Waals surface area contributed by atoms with Gasteiger partial charge in [0.05, 0.1) is 5.88 Å². The van der Waals surface area contributed by atoms with Crippen molar-refractivity contribution in [3.05, 3.63) is 24.2 Å². The molecule has 52 valence electrons. The summed E-state index contributed by atoms with van der Waals surface area (Å²) < 4.78 is 1.83. The van der Waals surface area contributed by atoms with E-state index in [1.165, 1.54) is 0 Å². The third-order valence-electron chi connectivity index (χ3n) is 1.45. The minimum Gasteiger partial charge on any atom is -0.300 e. The number of nitrogens with one attached hydrogen (secondary N) is 1. The highest BCUT2D eigenvalue weighted by Gasteiger charge is 2.00. The molecule has 0 aromatic carbocycles. The Labute approximate surface area is 62.6 Å². The summed E-state index contributed by atoms with van der Waals surface area (Å²) in [5.41, 5.74) is 1.95. The minimum atomic E-state index is 0.504. The van der Waals surface area contributed by atoms with Crippen molar-refractivity contribution in [1.82, 2.24) is 14.6 Å². The number of hydrogen-bond acceptors (Lipinski definition) is 1. The molecule has 2 aromatic heterocycles. The van der Waals surface area contributed by atoms with Crippen LogP contribution >= 0.6 is 11.6 Å². The normalized spacial score (nSPS) is 10.9. The first-order valence-corrected chi connectivity index (χ1v) is 3.50. The second-order valence-electron chi connectivity index (χ2n) is 2.05. The van der Waals surface area contributed by atoms with E-state index in [1.54, 1.807) is 6.20 Å². The van der Waals surface area contributed by atoms with E-state index < -0.39 is 0 Å². The Morgan fingerprint density at radius 2 is 2.60 bits per heavy atom. The van der Waals surface area contributed by atoms with E-state index in [-0.39, 0.29) is 0 Å². The Kier molecular flexibility index (Phi) is 1.17. The lowest BCUT2D eigenvalue weighted by Crippen LogP contribution is -1.77. The summed E-state index contributed by atoms with van der Waals surface area (Å²) in [5.74, 6) is 0.504. The second-order valence-corrected chi connectivity index (χ2v) is 2.32. The highest BCUT2D eigenvalue weighted by atomic mass is 35.5. The molecule has 0 spiro atoms. The van der Waals surface area contributed by atoms with E-state index in [0.717, 1.165) is 11.2 Å². The second kappa shape index (κ2) is 2.02. The van der Waals surface area contributed by atoms with E-state index in [4.69, 9.17) is 11.6 Å². The molecular weight excluding hydrogens is 150 g/mol. The molecule has 0 atom stereocenters. The molecule has 0 aliphatic carbocycles. The van der Waals surface area contributed by atoms with Gasteiger partial charge >= 0.3 is 0 Å². The standard InChI is InChI=1S/C6H6ClN3/c7-3-5-4-9-10-2-1-8-6(5)10/h1-2,4,9H,3H2. The van der Waals surface area contributed by atoms with Crippen molar-refractivity contribution in [2.45, 2.75) is 5.88 Å². The fourth-order valence-electron chi connectivity index (χ4n) is 0.956. The third-order valence-corrected chi connectivity index (χ3v) is 1.74. The number of aromatic nitrogens is 3. The Hall–Kier alpha value is -0.960. The van der Waals surface area contributed by atoms with Gasteiger partial charge in [-0.3, -0.25) is 5.10 Å². The lowest BCUT2D eigenvalue weighted by Gasteiger charge is -1.82. The zero-order valence-corrected chi connectivity index (χ0v) is 5.97. The topological polar surface area (TPSA) is 33.1 Å². The quantitative estimate of drug-likeness (QED) is 0.621. The number of alkyl halides is 1. The summed E-state index contributed by atoms with van der Waals surface area (Å²) in [4.78, 5) is 4.10. The summed E-state index contributed by atoms with van der Waals surface area (Å²) in [6.45, 7) is 0. The van der Waals surface area contributed by atoms with E-state index >= 15 is 0 Å². The molecule has 0 bridgehead atoms. The van der Waals surface area contributed by atoms with E-state index in [9.17, 15) is 0 Å². The number of rotatable bonds is 1. The number of H-pyrrole nitrogens is 1. The van der Waals surface area contributed by atoms with Gasteiger partial charge in [-0.05, 0) is 0 Å². The number of fused-ring (bicyclic) bond motifs is 1. The maximum absolute atomic E-state index is 5.63. The Morgan fingerprint density at radius 3 is 3.40 bits per heavy atom. The highest BCUT2D eigenvalue weighted by molar-refractivity contribution is 6.17. The summed E-state index contributed by atoms with van der Waals surface area (Å²) in [7, 11) is 0. The van der Waals surface area contributed by atoms with Crippen LogP contribution < -0.4 is 0 Å². The van der Waals surface area contributed by atoms with E-state index in [1.807, 2.05) is 16.9 Å². The van der Waals surface area contributed by atoms with Crippen molar-refractivity contribution >= 4 is 17.2 Å². The predicted molar refractivity (Wildman–Crippen MR) is 39.1 cm³/mol. The molecule has 2 rings (SSSR count). The average Bonchev–Trinajstić information content (AvgIpc) is 2.44. The van der Waals surface area contributed by atoms with E-state index in [0.29, 0.717) is 5.88 Å². The fraction of sp³-hybridized carbons (Fsp3) is 0.167.